The summed E-state index contributed by atoms with van der Waals surface area (Å²) in [4.78, 5) is 4.26. The number of ether oxygens (including phenoxy) is 1. The quantitative estimate of drug-likeness (QED) is 0.910. The molecule has 1 aromatic carbocycles. The van der Waals surface area contributed by atoms with Crippen molar-refractivity contribution in [3.63, 3.8) is 0 Å². The highest BCUT2D eigenvalue weighted by molar-refractivity contribution is 9.10. The fourth-order valence-electron chi connectivity index (χ4n) is 2.48. The van der Waals surface area contributed by atoms with Crippen LogP contribution in [-0.4, -0.2) is 21.4 Å². The third kappa shape index (κ3) is 2.71. The van der Waals surface area contributed by atoms with Crippen LogP contribution in [0.3, 0.4) is 0 Å². The van der Waals surface area contributed by atoms with Crippen molar-refractivity contribution < 1.29 is 4.74 Å². The molecule has 1 aliphatic heterocycles. The van der Waals surface area contributed by atoms with E-state index >= 15 is 0 Å². The van der Waals surface area contributed by atoms with Crippen LogP contribution in [0.15, 0.2) is 22.9 Å². The molecule has 1 aliphatic rings. The molecule has 1 aromatic heterocycles. The lowest BCUT2D eigenvalue weighted by Crippen LogP contribution is -2.17. The van der Waals surface area contributed by atoms with Gasteiger partial charge in [0, 0.05) is 29.5 Å². The van der Waals surface area contributed by atoms with Gasteiger partial charge in [0.2, 0.25) is 0 Å². The Balaban J connectivity index is 1.67. The second kappa shape index (κ2) is 5.93. The SMILES string of the molecule is CCn1ncnc1CNCc1cc(Br)cc2c1OCC2. The Labute approximate surface area is 126 Å². The van der Waals surface area contributed by atoms with Crippen LogP contribution in [0.4, 0.5) is 0 Å². The number of hydrogen-bond acceptors (Lipinski definition) is 4. The highest BCUT2D eigenvalue weighted by Gasteiger charge is 2.17. The zero-order chi connectivity index (χ0) is 13.9. The molecule has 0 aliphatic carbocycles. The molecule has 6 heteroatoms. The van der Waals surface area contributed by atoms with Crippen molar-refractivity contribution in [1.82, 2.24) is 20.1 Å². The van der Waals surface area contributed by atoms with Gasteiger partial charge in [-0.1, -0.05) is 15.9 Å². The Morgan fingerprint density at radius 1 is 1.40 bits per heavy atom. The lowest BCUT2D eigenvalue weighted by Gasteiger charge is -2.10. The van der Waals surface area contributed by atoms with Crippen LogP contribution in [0.1, 0.15) is 23.9 Å². The summed E-state index contributed by atoms with van der Waals surface area (Å²) in [5, 5.41) is 7.58. The number of fused-ring (bicyclic) bond motifs is 1. The molecule has 2 aromatic rings. The molecule has 5 nitrogen and oxygen atoms in total. The van der Waals surface area contributed by atoms with Crippen molar-refractivity contribution in [3.05, 3.63) is 39.9 Å². The average molecular weight is 337 g/mol. The summed E-state index contributed by atoms with van der Waals surface area (Å²) in [7, 11) is 0. The minimum atomic E-state index is 0.703. The van der Waals surface area contributed by atoms with Crippen LogP contribution in [0, 0.1) is 0 Å². The topological polar surface area (TPSA) is 52.0 Å². The molecule has 0 bridgehead atoms. The second-order valence-corrected chi connectivity index (χ2v) is 5.66. The summed E-state index contributed by atoms with van der Waals surface area (Å²) in [5.74, 6) is 2.00. The molecule has 0 saturated carbocycles. The summed E-state index contributed by atoms with van der Waals surface area (Å²) in [5.41, 5.74) is 2.47. The zero-order valence-electron chi connectivity index (χ0n) is 11.4. The van der Waals surface area contributed by atoms with Gasteiger partial charge in [-0.05, 0) is 24.6 Å². The van der Waals surface area contributed by atoms with Gasteiger partial charge in [0.05, 0.1) is 13.2 Å². The van der Waals surface area contributed by atoms with Crippen LogP contribution >= 0.6 is 15.9 Å². The molecule has 0 spiro atoms. The van der Waals surface area contributed by atoms with Gasteiger partial charge < -0.3 is 10.1 Å². The molecule has 2 heterocycles. The maximum atomic E-state index is 5.72. The Hall–Kier alpha value is -1.40. The average Bonchev–Trinajstić information content (AvgIpc) is 3.06. The van der Waals surface area contributed by atoms with Crippen molar-refractivity contribution in [2.24, 2.45) is 0 Å². The predicted molar refractivity (Wildman–Crippen MR) is 79.6 cm³/mol. The molecule has 0 saturated heterocycles. The lowest BCUT2D eigenvalue weighted by atomic mass is 10.1. The largest absolute Gasteiger partial charge is 0.493 e. The summed E-state index contributed by atoms with van der Waals surface area (Å²) >= 11 is 3.56. The summed E-state index contributed by atoms with van der Waals surface area (Å²) in [6.45, 7) is 5.15. The standard InChI is InChI=1S/C14H17BrN4O/c1-2-19-13(17-9-18-19)8-16-7-11-6-12(15)5-10-3-4-20-14(10)11/h5-6,9,16H,2-4,7-8H2,1H3. The van der Waals surface area contributed by atoms with E-state index in [0.717, 1.165) is 42.2 Å². The van der Waals surface area contributed by atoms with Gasteiger partial charge in [-0.15, -0.1) is 0 Å². The summed E-state index contributed by atoms with van der Waals surface area (Å²) in [6, 6.07) is 4.25. The zero-order valence-corrected chi connectivity index (χ0v) is 13.0. The lowest BCUT2D eigenvalue weighted by molar-refractivity contribution is 0.352. The van der Waals surface area contributed by atoms with E-state index < -0.39 is 0 Å². The van der Waals surface area contributed by atoms with E-state index in [1.807, 2.05) is 4.68 Å². The van der Waals surface area contributed by atoms with E-state index in [-0.39, 0.29) is 0 Å². The minimum absolute atomic E-state index is 0.703. The van der Waals surface area contributed by atoms with Gasteiger partial charge in [-0.25, -0.2) is 9.67 Å². The van der Waals surface area contributed by atoms with E-state index in [0.29, 0.717) is 6.54 Å². The third-order valence-electron chi connectivity index (χ3n) is 3.42. The number of nitrogens with one attached hydrogen (secondary N) is 1. The maximum Gasteiger partial charge on any atom is 0.140 e. The number of hydrogen-bond donors (Lipinski definition) is 1. The van der Waals surface area contributed by atoms with E-state index in [1.54, 1.807) is 6.33 Å². The normalized spacial score (nSPS) is 13.3. The number of rotatable bonds is 5. The molecular formula is C14H17BrN4O. The predicted octanol–water partition coefficient (Wildman–Crippen LogP) is 2.29. The van der Waals surface area contributed by atoms with Crippen molar-refractivity contribution in [3.8, 4) is 5.75 Å². The fourth-order valence-corrected chi connectivity index (χ4v) is 3.03. The van der Waals surface area contributed by atoms with Gasteiger partial charge in [0.1, 0.15) is 17.9 Å². The number of halogens is 1. The molecule has 0 atom stereocenters. The Morgan fingerprint density at radius 3 is 3.15 bits per heavy atom. The van der Waals surface area contributed by atoms with Gasteiger partial charge >= 0.3 is 0 Å². The summed E-state index contributed by atoms with van der Waals surface area (Å²) < 4.78 is 8.73. The Kier molecular flexibility index (Phi) is 4.03. The molecule has 1 N–H and O–H groups in total. The number of benzene rings is 1. The Bertz CT molecular complexity index is 611. The second-order valence-electron chi connectivity index (χ2n) is 4.75. The molecule has 106 valence electrons. The number of aromatic nitrogens is 3. The highest BCUT2D eigenvalue weighted by Crippen LogP contribution is 2.32. The smallest absolute Gasteiger partial charge is 0.140 e. The first-order valence-corrected chi connectivity index (χ1v) is 7.58. The molecule has 0 fully saturated rings. The van der Waals surface area contributed by atoms with Gasteiger partial charge in [0.15, 0.2) is 0 Å². The third-order valence-corrected chi connectivity index (χ3v) is 3.88. The van der Waals surface area contributed by atoms with Crippen LogP contribution in [0.5, 0.6) is 5.75 Å². The molecule has 20 heavy (non-hydrogen) atoms. The van der Waals surface area contributed by atoms with Gasteiger partial charge in [0.25, 0.3) is 0 Å². The first-order valence-electron chi connectivity index (χ1n) is 6.79. The van der Waals surface area contributed by atoms with E-state index in [9.17, 15) is 0 Å². The van der Waals surface area contributed by atoms with E-state index in [2.05, 4.69) is 50.4 Å². The van der Waals surface area contributed by atoms with Crippen molar-refractivity contribution in [1.29, 1.82) is 0 Å². The molecule has 0 radical (unpaired) electrons. The molecule has 0 unspecified atom stereocenters. The van der Waals surface area contributed by atoms with Crippen molar-refractivity contribution in [2.75, 3.05) is 6.61 Å². The Morgan fingerprint density at radius 2 is 2.30 bits per heavy atom. The first kappa shape index (κ1) is 13.6. The molecular weight excluding hydrogens is 320 g/mol. The van der Waals surface area contributed by atoms with Gasteiger partial charge in [-0.3, -0.25) is 0 Å². The van der Waals surface area contributed by atoms with Gasteiger partial charge in [-0.2, -0.15) is 5.10 Å². The van der Waals surface area contributed by atoms with E-state index in [1.165, 1.54) is 11.1 Å². The maximum absolute atomic E-state index is 5.72. The van der Waals surface area contributed by atoms with Crippen LogP contribution in [0.25, 0.3) is 0 Å². The van der Waals surface area contributed by atoms with Crippen molar-refractivity contribution >= 4 is 15.9 Å². The van der Waals surface area contributed by atoms with Crippen LogP contribution in [0.2, 0.25) is 0 Å². The minimum Gasteiger partial charge on any atom is -0.493 e. The van der Waals surface area contributed by atoms with Crippen LogP contribution in [-0.2, 0) is 26.1 Å². The highest BCUT2D eigenvalue weighted by atomic mass is 79.9. The molecule has 3 rings (SSSR count). The first-order chi connectivity index (χ1) is 9.78. The van der Waals surface area contributed by atoms with E-state index in [4.69, 9.17) is 4.74 Å². The summed E-state index contributed by atoms with van der Waals surface area (Å²) in [6.07, 6.45) is 2.59. The monoisotopic (exact) mass is 336 g/mol. The van der Waals surface area contributed by atoms with Crippen LogP contribution < -0.4 is 10.1 Å². The number of nitrogens with zero attached hydrogens (tertiary/aromatic N) is 3. The number of aryl methyl sites for hydroxylation is 1. The molecule has 0 amide bonds. The van der Waals surface area contributed by atoms with Crippen molar-refractivity contribution in [2.45, 2.75) is 33.0 Å². The fraction of sp³-hybridized carbons (Fsp3) is 0.429.